The summed E-state index contributed by atoms with van der Waals surface area (Å²) < 4.78 is 5.34. The maximum Gasteiger partial charge on any atom is 0.220 e. The highest BCUT2D eigenvalue weighted by atomic mass is 16.5. The van der Waals surface area contributed by atoms with Gasteiger partial charge < -0.3 is 26.2 Å². The molecule has 0 bridgehead atoms. The largest absolute Gasteiger partial charge is 0.381 e. The van der Waals surface area contributed by atoms with Crippen LogP contribution < -0.4 is 11.1 Å². The number of aryl methyl sites for hydroxylation is 1. The molecule has 1 amide bonds. The maximum atomic E-state index is 10.5. The van der Waals surface area contributed by atoms with E-state index in [-0.39, 0.29) is 11.9 Å². The molecule has 5 unspecified atom stereocenters. The average Bonchev–Trinajstić information content (AvgIpc) is 3.62. The molecule has 7 nitrogen and oxygen atoms in total. The Morgan fingerprint density at radius 2 is 1.54 bits per heavy atom. The predicted octanol–water partition coefficient (Wildman–Crippen LogP) is 12.9. The molecule has 7 heteroatoms. The van der Waals surface area contributed by atoms with E-state index in [1.54, 1.807) is 6.92 Å². The molecule has 3 rings (SSSR count). The number of ether oxygens (including phenoxy) is 1. The molecule has 1 saturated carbocycles. The molecule has 1 aliphatic heterocycles. The molecule has 0 aromatic carbocycles. The van der Waals surface area contributed by atoms with Crippen molar-refractivity contribution in [2.24, 2.45) is 35.3 Å². The van der Waals surface area contributed by atoms with Crippen LogP contribution in [0, 0.1) is 54.8 Å². The quantitative estimate of drug-likeness (QED) is 0.0916. The maximum absolute atomic E-state index is 10.5. The van der Waals surface area contributed by atoms with Crippen molar-refractivity contribution in [2.75, 3.05) is 19.8 Å². The number of carbonyl (C=O) groups excluding carboxylic acids is 1. The third-order valence-corrected chi connectivity index (χ3v) is 9.05. The number of aromatic amines is 1. The Bertz CT molecular complexity index is 858. The molecule has 5 N–H and O–H groups in total. The van der Waals surface area contributed by atoms with Crippen LogP contribution in [0.25, 0.3) is 0 Å². The normalized spacial score (nSPS) is 18.7. The topological polar surface area (TPSA) is 117 Å². The van der Waals surface area contributed by atoms with Gasteiger partial charge in [0.2, 0.25) is 5.91 Å². The van der Waals surface area contributed by atoms with Crippen LogP contribution >= 0.6 is 0 Å². The lowest BCUT2D eigenvalue weighted by molar-refractivity contribution is -0.122. The first-order valence-corrected chi connectivity index (χ1v) is 21.3. The van der Waals surface area contributed by atoms with E-state index in [1.807, 2.05) is 47.7 Å². The van der Waals surface area contributed by atoms with Gasteiger partial charge >= 0.3 is 0 Å². The van der Waals surface area contributed by atoms with E-state index in [2.05, 4.69) is 83.5 Å². The van der Waals surface area contributed by atoms with Gasteiger partial charge in [0, 0.05) is 44.1 Å². The molecular weight excluding hydrogens is 643 g/mol. The Morgan fingerprint density at radius 3 is 1.92 bits per heavy atom. The van der Waals surface area contributed by atoms with Crippen LogP contribution in [0.15, 0.2) is 6.20 Å². The van der Waals surface area contributed by atoms with Crippen LogP contribution in [0.1, 0.15) is 204 Å². The van der Waals surface area contributed by atoms with Crippen molar-refractivity contribution in [3.05, 3.63) is 17.7 Å². The second kappa shape index (κ2) is 45.0. The fourth-order valence-corrected chi connectivity index (χ4v) is 5.02. The van der Waals surface area contributed by atoms with Gasteiger partial charge in [0.25, 0.3) is 0 Å². The van der Waals surface area contributed by atoms with Gasteiger partial charge in [0.1, 0.15) is 5.82 Å². The molecule has 1 aliphatic carbocycles. The number of imidazole rings is 1. The molecule has 6 atom stereocenters. The van der Waals surface area contributed by atoms with Crippen LogP contribution in [0.4, 0.5) is 0 Å². The first kappa shape index (κ1) is 59.1. The fraction of sp³-hybridized carbons (Fsp3) is 0.844. The van der Waals surface area contributed by atoms with Crippen molar-refractivity contribution in [3.63, 3.8) is 0 Å². The Morgan fingerprint density at radius 1 is 0.962 bits per heavy atom. The van der Waals surface area contributed by atoms with Crippen LogP contribution in [0.5, 0.6) is 0 Å². The monoisotopic (exact) mass is 736 g/mol. The predicted molar refractivity (Wildman–Crippen MR) is 233 cm³/mol. The number of terminal acetylenes is 1. The van der Waals surface area contributed by atoms with Gasteiger partial charge in [0.05, 0.1) is 5.69 Å². The number of piperidine rings is 1. The molecule has 1 saturated heterocycles. The Balaban J connectivity index is -0.000000177. The molecule has 2 aliphatic rings. The Kier molecular flexibility index (Phi) is 51.1. The van der Waals surface area contributed by atoms with E-state index in [1.165, 1.54) is 64.2 Å². The minimum Gasteiger partial charge on any atom is -0.381 e. The minimum absolute atomic E-state index is 0.147. The van der Waals surface area contributed by atoms with Crippen LogP contribution in [-0.4, -0.2) is 41.3 Å². The first-order chi connectivity index (χ1) is 24.8. The SMILES string of the molecule is C#C.CC.CC.CC1CCC(=O)NC1.CCC(C)=N.CCCCCC(C)CC.CCCOCC(C)CC.Cc1ncc(C(N)[C@H]2CCCC(C)C2)[nH]1. The smallest absolute Gasteiger partial charge is 0.220 e. The second-order valence-electron chi connectivity index (χ2n) is 14.2. The standard InChI is InChI=1S/C12H21N3.C9H20.C8H18O.C6H11NO.C4H9N.2C2H6.C2H2/c1-8-4-3-5-10(6-8)12(13)11-7-14-9(2)15-11;1-4-6-7-8-9(3)5-2;1-4-6-9-7-8(3)5-2;1-5-2-3-6(8)7-4-5;1-3-4(2)5;3*1-2/h7-8,10,12H,3-6,13H2,1-2H3,(H,14,15);9H,4-8H2,1-3H3;8H,4-7H2,1-3H3;5H,2-4H2,1H3,(H,7,8);5H,3H2,1-2H3;2*1-2H3;1-2H/t8?,10-,12?;;;;;;;/m0......./s1. The van der Waals surface area contributed by atoms with Gasteiger partial charge in [0.15, 0.2) is 0 Å². The van der Waals surface area contributed by atoms with E-state index in [0.29, 0.717) is 11.8 Å². The van der Waals surface area contributed by atoms with Gasteiger partial charge in [-0.25, -0.2) is 4.98 Å². The van der Waals surface area contributed by atoms with E-state index in [0.717, 1.165) is 80.4 Å². The zero-order chi connectivity index (χ0) is 41.3. The summed E-state index contributed by atoms with van der Waals surface area (Å²) in [5.74, 6) is 5.01. The molecule has 0 radical (unpaired) electrons. The minimum atomic E-state index is 0.147. The van der Waals surface area contributed by atoms with Crippen molar-refractivity contribution >= 4 is 11.6 Å². The number of hydrogen-bond donors (Lipinski definition) is 4. The van der Waals surface area contributed by atoms with Crippen LogP contribution in [-0.2, 0) is 9.53 Å². The number of nitrogens with one attached hydrogen (secondary N) is 3. The molecule has 2 fully saturated rings. The van der Waals surface area contributed by atoms with Gasteiger partial charge in [-0.15, -0.1) is 12.8 Å². The number of unbranched alkanes of at least 4 members (excludes halogenated alkanes) is 2. The summed E-state index contributed by atoms with van der Waals surface area (Å²) in [6.07, 6.45) is 27.1. The van der Waals surface area contributed by atoms with Gasteiger partial charge in [-0.2, -0.15) is 0 Å². The highest BCUT2D eigenvalue weighted by Crippen LogP contribution is 2.35. The number of carbonyl (C=O) groups is 1. The Labute approximate surface area is 326 Å². The van der Waals surface area contributed by atoms with Gasteiger partial charge in [-0.1, -0.05) is 141 Å². The summed E-state index contributed by atoms with van der Waals surface area (Å²) in [5, 5.41) is 9.54. The fourth-order valence-electron chi connectivity index (χ4n) is 5.02. The highest BCUT2D eigenvalue weighted by molar-refractivity contribution is 5.78. The molecule has 0 spiro atoms. The third-order valence-electron chi connectivity index (χ3n) is 9.05. The highest BCUT2D eigenvalue weighted by Gasteiger charge is 2.26. The molecule has 310 valence electrons. The number of aromatic nitrogens is 2. The molecule has 1 aromatic rings. The summed E-state index contributed by atoms with van der Waals surface area (Å²) in [7, 11) is 0. The molecular formula is C45H93N5O2. The number of hydrogen-bond acceptors (Lipinski definition) is 5. The zero-order valence-electron chi connectivity index (χ0n) is 37.6. The van der Waals surface area contributed by atoms with Crippen molar-refractivity contribution in [2.45, 2.75) is 200 Å². The lowest BCUT2D eigenvalue weighted by Crippen LogP contribution is -2.33. The molecule has 2 heterocycles. The lowest BCUT2D eigenvalue weighted by atomic mass is 9.78. The number of nitrogens with two attached hydrogens (primary N) is 1. The summed E-state index contributed by atoms with van der Waals surface area (Å²) in [4.78, 5) is 18.0. The van der Waals surface area contributed by atoms with Crippen LogP contribution in [0.2, 0.25) is 0 Å². The van der Waals surface area contributed by atoms with Crippen molar-refractivity contribution in [1.29, 1.82) is 5.41 Å². The van der Waals surface area contributed by atoms with E-state index < -0.39 is 0 Å². The van der Waals surface area contributed by atoms with E-state index in [4.69, 9.17) is 15.9 Å². The van der Waals surface area contributed by atoms with Gasteiger partial charge in [-0.3, -0.25) is 4.79 Å². The van der Waals surface area contributed by atoms with Crippen molar-refractivity contribution in [1.82, 2.24) is 15.3 Å². The number of amides is 1. The molecule has 1 aromatic heterocycles. The van der Waals surface area contributed by atoms with Crippen molar-refractivity contribution in [3.8, 4) is 12.8 Å². The van der Waals surface area contributed by atoms with Crippen molar-refractivity contribution < 1.29 is 9.53 Å². The zero-order valence-corrected chi connectivity index (χ0v) is 37.6. The number of rotatable bonds is 13. The van der Waals surface area contributed by atoms with Gasteiger partial charge in [-0.05, 0) is 75.5 Å². The lowest BCUT2D eigenvalue weighted by Gasteiger charge is -2.30. The third kappa shape index (κ3) is 40.6. The van der Waals surface area contributed by atoms with E-state index in [9.17, 15) is 4.79 Å². The Hall–Kier alpha value is -2.17. The summed E-state index contributed by atoms with van der Waals surface area (Å²) in [6.45, 7) is 34.4. The summed E-state index contributed by atoms with van der Waals surface area (Å²) in [5.41, 5.74) is 8.13. The summed E-state index contributed by atoms with van der Waals surface area (Å²) >= 11 is 0. The van der Waals surface area contributed by atoms with Crippen LogP contribution in [0.3, 0.4) is 0 Å². The second-order valence-corrected chi connectivity index (χ2v) is 14.2. The average molecular weight is 736 g/mol. The molecule has 52 heavy (non-hydrogen) atoms. The first-order valence-electron chi connectivity index (χ1n) is 21.3. The van der Waals surface area contributed by atoms with E-state index >= 15 is 0 Å². The number of nitrogens with zero attached hydrogens (tertiary/aromatic N) is 1. The summed E-state index contributed by atoms with van der Waals surface area (Å²) in [6, 6.07) is 0.147. The number of H-pyrrole nitrogens is 1.